The summed E-state index contributed by atoms with van der Waals surface area (Å²) in [4.78, 5) is 24.6. The van der Waals surface area contributed by atoms with Gasteiger partial charge in [0, 0.05) is 23.7 Å². The fraction of sp³-hybridized carbons (Fsp3) is 0.333. The van der Waals surface area contributed by atoms with Crippen molar-refractivity contribution in [2.24, 2.45) is 0 Å². The standard InChI is InChI=1S/C12H13NO4S.Na.H/c1-17-9-2-3-10-8(6-9)7-13(4-5-18-10)11(14)12(15)16;;/h2-3,6H,4-5,7H2,1H3,(H,15,16);;/q;+1;-1. The maximum absolute atomic E-state index is 11.5. The van der Waals surface area contributed by atoms with Crippen LogP contribution in [0.4, 0.5) is 0 Å². The molecule has 0 atom stereocenters. The van der Waals surface area contributed by atoms with E-state index in [1.807, 2.05) is 18.2 Å². The van der Waals surface area contributed by atoms with Gasteiger partial charge in [-0.2, -0.15) is 0 Å². The Morgan fingerprint density at radius 1 is 1.47 bits per heavy atom. The summed E-state index contributed by atoms with van der Waals surface area (Å²) in [6.07, 6.45) is 0. The molecule has 19 heavy (non-hydrogen) atoms. The van der Waals surface area contributed by atoms with Crippen LogP contribution >= 0.6 is 11.8 Å². The number of benzene rings is 1. The number of hydrogen-bond acceptors (Lipinski definition) is 4. The number of carbonyl (C=O) groups excluding carboxylic acids is 1. The van der Waals surface area contributed by atoms with Crippen LogP contribution in [0.15, 0.2) is 23.1 Å². The molecule has 1 aromatic carbocycles. The molecule has 0 spiro atoms. The van der Waals surface area contributed by atoms with E-state index in [2.05, 4.69) is 0 Å². The van der Waals surface area contributed by atoms with Crippen LogP contribution in [0.5, 0.6) is 5.75 Å². The largest absolute Gasteiger partial charge is 1.00 e. The van der Waals surface area contributed by atoms with Crippen LogP contribution in [0.25, 0.3) is 0 Å². The molecule has 1 heterocycles. The zero-order chi connectivity index (χ0) is 13.1. The van der Waals surface area contributed by atoms with Crippen LogP contribution in [0.2, 0.25) is 0 Å². The van der Waals surface area contributed by atoms with Crippen molar-refractivity contribution in [3.8, 4) is 5.75 Å². The predicted molar refractivity (Wildman–Crippen MR) is 67.9 cm³/mol. The topological polar surface area (TPSA) is 66.8 Å². The maximum Gasteiger partial charge on any atom is 1.00 e. The van der Waals surface area contributed by atoms with E-state index in [0.29, 0.717) is 24.6 Å². The molecule has 0 unspecified atom stereocenters. The second kappa shape index (κ2) is 7.19. The number of amides is 1. The smallest absolute Gasteiger partial charge is 1.00 e. The third-order valence-electron chi connectivity index (χ3n) is 2.72. The van der Waals surface area contributed by atoms with E-state index in [4.69, 9.17) is 9.84 Å². The van der Waals surface area contributed by atoms with Gasteiger partial charge in [0.15, 0.2) is 0 Å². The van der Waals surface area contributed by atoms with Crippen LogP contribution < -0.4 is 34.3 Å². The third kappa shape index (κ3) is 3.89. The van der Waals surface area contributed by atoms with E-state index in [1.165, 1.54) is 4.90 Å². The number of hydrogen-bond donors (Lipinski definition) is 1. The van der Waals surface area contributed by atoms with Crippen LogP contribution in [0.1, 0.15) is 6.99 Å². The first-order valence-corrected chi connectivity index (χ1v) is 6.42. The number of rotatable bonds is 1. The Balaban J connectivity index is 0.00000180. The average Bonchev–Trinajstić information content (AvgIpc) is 2.58. The number of carboxylic acid groups (broad SMARTS) is 1. The Morgan fingerprint density at radius 3 is 2.84 bits per heavy atom. The summed E-state index contributed by atoms with van der Waals surface area (Å²) in [6.45, 7) is 0.747. The van der Waals surface area contributed by atoms with Gasteiger partial charge in [-0.05, 0) is 23.8 Å². The molecule has 1 aliphatic heterocycles. The second-order valence-corrected chi connectivity index (χ2v) is 4.99. The number of fused-ring (bicyclic) bond motifs is 1. The van der Waals surface area contributed by atoms with Gasteiger partial charge < -0.3 is 16.2 Å². The van der Waals surface area contributed by atoms with Crippen LogP contribution in [-0.4, -0.2) is 41.3 Å². The molecule has 5 nitrogen and oxygen atoms in total. The predicted octanol–water partition coefficient (Wildman–Crippen LogP) is -1.67. The summed E-state index contributed by atoms with van der Waals surface area (Å²) in [5.74, 6) is -0.866. The van der Waals surface area contributed by atoms with Crippen molar-refractivity contribution in [1.82, 2.24) is 4.90 Å². The maximum atomic E-state index is 11.5. The SMILES string of the molecule is COc1ccc2c(c1)CN(C(=O)C(=O)O)CCS2.[H-].[Na+]. The van der Waals surface area contributed by atoms with Crippen LogP contribution in [0, 0.1) is 0 Å². The second-order valence-electron chi connectivity index (χ2n) is 3.85. The van der Waals surface area contributed by atoms with E-state index in [-0.39, 0.29) is 31.0 Å². The first-order valence-electron chi connectivity index (χ1n) is 5.43. The molecule has 0 saturated heterocycles. The number of aliphatic carboxylic acids is 1. The quantitative estimate of drug-likeness (QED) is 0.495. The van der Waals surface area contributed by atoms with Gasteiger partial charge in [0.05, 0.1) is 7.11 Å². The normalized spacial score (nSPS) is 13.8. The summed E-state index contributed by atoms with van der Waals surface area (Å²) in [7, 11) is 1.58. The minimum atomic E-state index is -1.41. The summed E-state index contributed by atoms with van der Waals surface area (Å²) < 4.78 is 5.14. The first kappa shape index (κ1) is 16.4. The molecule has 0 fully saturated rings. The average molecular weight is 291 g/mol. The fourth-order valence-corrected chi connectivity index (χ4v) is 2.81. The van der Waals surface area contributed by atoms with Gasteiger partial charge in [-0.1, -0.05) is 0 Å². The number of thioether (sulfide) groups is 1. The van der Waals surface area contributed by atoms with Gasteiger partial charge in [-0.3, -0.25) is 4.79 Å². The Morgan fingerprint density at radius 2 is 2.21 bits per heavy atom. The molecule has 1 aliphatic rings. The zero-order valence-corrected chi connectivity index (χ0v) is 13.7. The Labute approximate surface area is 139 Å². The van der Waals surface area contributed by atoms with Crippen LogP contribution in [0.3, 0.4) is 0 Å². The van der Waals surface area contributed by atoms with Crippen molar-refractivity contribution in [2.75, 3.05) is 19.4 Å². The van der Waals surface area contributed by atoms with E-state index < -0.39 is 11.9 Å². The Hall–Kier alpha value is -0.690. The summed E-state index contributed by atoms with van der Waals surface area (Å²) in [6, 6.07) is 5.64. The van der Waals surface area contributed by atoms with Gasteiger partial charge in [0.1, 0.15) is 5.75 Å². The molecule has 98 valence electrons. The molecule has 1 amide bonds. The summed E-state index contributed by atoms with van der Waals surface area (Å²) in [5.41, 5.74) is 0.923. The van der Waals surface area contributed by atoms with Gasteiger partial charge >= 0.3 is 41.4 Å². The molecule has 2 rings (SSSR count). The molecule has 0 aromatic heterocycles. The Kier molecular flexibility index (Phi) is 6.19. The molecule has 0 radical (unpaired) electrons. The van der Waals surface area contributed by atoms with Crippen molar-refractivity contribution in [2.45, 2.75) is 11.4 Å². The fourth-order valence-electron chi connectivity index (χ4n) is 1.81. The minimum Gasteiger partial charge on any atom is -1.00 e. The van der Waals surface area contributed by atoms with Gasteiger partial charge in [0.2, 0.25) is 0 Å². The van der Waals surface area contributed by atoms with Gasteiger partial charge in [0.25, 0.3) is 0 Å². The molecule has 0 saturated carbocycles. The third-order valence-corrected chi connectivity index (χ3v) is 3.81. The Bertz CT molecular complexity index is 500. The minimum absolute atomic E-state index is 0. The number of carbonyl (C=O) groups is 2. The molecule has 1 N–H and O–H groups in total. The van der Waals surface area contributed by atoms with E-state index in [0.717, 1.165) is 10.5 Å². The van der Waals surface area contributed by atoms with Crippen molar-refractivity contribution in [3.05, 3.63) is 23.8 Å². The molecular formula is C12H14NNaO4S. The van der Waals surface area contributed by atoms with E-state index in [1.54, 1.807) is 18.9 Å². The number of ether oxygens (including phenoxy) is 1. The number of methoxy groups -OCH3 is 1. The van der Waals surface area contributed by atoms with Crippen molar-refractivity contribution in [1.29, 1.82) is 0 Å². The van der Waals surface area contributed by atoms with Crippen LogP contribution in [-0.2, 0) is 16.1 Å². The van der Waals surface area contributed by atoms with Crippen molar-refractivity contribution < 1.29 is 50.4 Å². The van der Waals surface area contributed by atoms with Crippen molar-refractivity contribution in [3.63, 3.8) is 0 Å². The summed E-state index contributed by atoms with van der Waals surface area (Å²) in [5, 5.41) is 8.75. The van der Waals surface area contributed by atoms with E-state index >= 15 is 0 Å². The molecule has 7 heteroatoms. The molecule has 1 aromatic rings. The molecular weight excluding hydrogens is 277 g/mol. The number of nitrogens with zero attached hydrogens (tertiary/aromatic N) is 1. The van der Waals surface area contributed by atoms with Gasteiger partial charge in [-0.25, -0.2) is 4.79 Å². The zero-order valence-electron chi connectivity index (χ0n) is 11.9. The monoisotopic (exact) mass is 291 g/mol. The first-order chi connectivity index (χ1) is 8.61. The van der Waals surface area contributed by atoms with Gasteiger partial charge in [-0.15, -0.1) is 11.8 Å². The molecule has 0 aliphatic carbocycles. The van der Waals surface area contributed by atoms with Crippen molar-refractivity contribution >= 4 is 23.6 Å². The van der Waals surface area contributed by atoms with E-state index in [9.17, 15) is 9.59 Å². The summed E-state index contributed by atoms with van der Waals surface area (Å²) >= 11 is 1.62. The number of carboxylic acids is 1. The molecule has 0 bridgehead atoms.